The second kappa shape index (κ2) is 7.92. The summed E-state index contributed by atoms with van der Waals surface area (Å²) in [6, 6.07) is 25.5. The van der Waals surface area contributed by atoms with Crippen molar-refractivity contribution in [3.05, 3.63) is 96.7 Å². The summed E-state index contributed by atoms with van der Waals surface area (Å²) in [5, 5.41) is 10.9. The largest absolute Gasteiger partial charge is 0.454 e. The van der Waals surface area contributed by atoms with Crippen LogP contribution >= 0.6 is 0 Å². The molecule has 0 radical (unpaired) electrons. The van der Waals surface area contributed by atoms with Gasteiger partial charge in [-0.05, 0) is 48.5 Å². The number of nitrogens with two attached hydrogens (primary N) is 1. The van der Waals surface area contributed by atoms with Crippen molar-refractivity contribution in [1.82, 2.24) is 9.78 Å². The molecular formula is C24H18N4O3S. The third-order valence-corrected chi connectivity index (χ3v) is 5.87. The van der Waals surface area contributed by atoms with E-state index >= 15 is 0 Å². The number of rotatable bonds is 5. The Morgan fingerprint density at radius 1 is 0.938 bits per heavy atom. The normalized spacial score (nSPS) is 12.0. The highest BCUT2D eigenvalue weighted by molar-refractivity contribution is 7.89. The number of benzene rings is 3. The standard InChI is InChI=1S/C24H18N4O3S/c25-32(29,30)21-12-10-19(11-13-21)26-15-18-16-28(20-7-2-1-3-8-20)27-24(18)23-14-17-6-4-5-9-22(17)31-23/h1-16H,(H2,25,29,30). The summed E-state index contributed by atoms with van der Waals surface area (Å²) < 4.78 is 30.7. The van der Waals surface area contributed by atoms with E-state index in [1.807, 2.05) is 66.9 Å². The van der Waals surface area contributed by atoms with Crippen LogP contribution in [0.4, 0.5) is 5.69 Å². The van der Waals surface area contributed by atoms with E-state index in [1.165, 1.54) is 12.1 Å². The van der Waals surface area contributed by atoms with Crippen molar-refractivity contribution in [3.8, 4) is 17.1 Å². The third-order valence-electron chi connectivity index (χ3n) is 4.94. The highest BCUT2D eigenvalue weighted by atomic mass is 32.2. The molecule has 0 saturated heterocycles. The Labute approximate surface area is 184 Å². The molecule has 7 nitrogen and oxygen atoms in total. The molecule has 0 fully saturated rings. The predicted molar refractivity (Wildman–Crippen MR) is 124 cm³/mol. The van der Waals surface area contributed by atoms with Crippen LogP contribution < -0.4 is 5.14 Å². The molecule has 3 aromatic carbocycles. The van der Waals surface area contributed by atoms with Crippen molar-refractivity contribution in [1.29, 1.82) is 0 Å². The molecule has 5 rings (SSSR count). The molecule has 0 aliphatic carbocycles. The molecule has 158 valence electrons. The van der Waals surface area contributed by atoms with E-state index in [4.69, 9.17) is 14.7 Å². The Bertz CT molecular complexity index is 1500. The summed E-state index contributed by atoms with van der Waals surface area (Å²) in [5.74, 6) is 0.631. The maximum Gasteiger partial charge on any atom is 0.238 e. The lowest BCUT2D eigenvalue weighted by Gasteiger charge is -1.98. The lowest BCUT2D eigenvalue weighted by atomic mass is 10.2. The summed E-state index contributed by atoms with van der Waals surface area (Å²) in [5.41, 5.74) is 3.67. The molecule has 2 aromatic heterocycles. The number of hydrogen-bond acceptors (Lipinski definition) is 5. The minimum atomic E-state index is -3.75. The quantitative estimate of drug-likeness (QED) is 0.399. The van der Waals surface area contributed by atoms with Crippen molar-refractivity contribution in [2.75, 3.05) is 0 Å². The number of sulfonamides is 1. The Balaban J connectivity index is 1.57. The summed E-state index contributed by atoms with van der Waals surface area (Å²) in [7, 11) is -3.75. The molecule has 0 aliphatic rings. The average molecular weight is 443 g/mol. The second-order valence-corrected chi connectivity index (χ2v) is 8.72. The summed E-state index contributed by atoms with van der Waals surface area (Å²) in [4.78, 5) is 4.53. The van der Waals surface area contributed by atoms with Crippen molar-refractivity contribution in [2.45, 2.75) is 4.90 Å². The number of nitrogens with zero attached hydrogens (tertiary/aromatic N) is 3. The van der Waals surface area contributed by atoms with E-state index in [2.05, 4.69) is 4.99 Å². The molecule has 0 aliphatic heterocycles. The average Bonchev–Trinajstić information content (AvgIpc) is 3.42. The van der Waals surface area contributed by atoms with Crippen LogP contribution in [0.2, 0.25) is 0 Å². The van der Waals surface area contributed by atoms with Crippen LogP contribution in [0.3, 0.4) is 0 Å². The number of aromatic nitrogens is 2. The highest BCUT2D eigenvalue weighted by Gasteiger charge is 2.15. The fourth-order valence-electron chi connectivity index (χ4n) is 3.35. The van der Waals surface area contributed by atoms with Crippen LogP contribution in [0.25, 0.3) is 28.1 Å². The molecular weight excluding hydrogens is 424 g/mol. The van der Waals surface area contributed by atoms with Crippen LogP contribution in [0.1, 0.15) is 5.56 Å². The predicted octanol–water partition coefficient (Wildman–Crippen LogP) is 4.68. The van der Waals surface area contributed by atoms with E-state index in [0.717, 1.165) is 22.2 Å². The van der Waals surface area contributed by atoms with Gasteiger partial charge in [0.15, 0.2) is 5.76 Å². The van der Waals surface area contributed by atoms with Gasteiger partial charge < -0.3 is 4.42 Å². The fourth-order valence-corrected chi connectivity index (χ4v) is 3.87. The van der Waals surface area contributed by atoms with Crippen molar-refractivity contribution in [3.63, 3.8) is 0 Å². The minimum absolute atomic E-state index is 0.0383. The molecule has 32 heavy (non-hydrogen) atoms. The van der Waals surface area contributed by atoms with Gasteiger partial charge in [0.05, 0.1) is 16.3 Å². The smallest absolute Gasteiger partial charge is 0.238 e. The third kappa shape index (κ3) is 3.96. The molecule has 8 heteroatoms. The minimum Gasteiger partial charge on any atom is -0.454 e. The van der Waals surface area contributed by atoms with Gasteiger partial charge in [-0.3, -0.25) is 4.99 Å². The van der Waals surface area contributed by atoms with Crippen molar-refractivity contribution >= 4 is 32.9 Å². The van der Waals surface area contributed by atoms with Crippen molar-refractivity contribution < 1.29 is 12.8 Å². The van der Waals surface area contributed by atoms with Gasteiger partial charge in [0, 0.05) is 23.4 Å². The zero-order chi connectivity index (χ0) is 22.1. The zero-order valence-corrected chi connectivity index (χ0v) is 17.6. The lowest BCUT2D eigenvalue weighted by Crippen LogP contribution is -2.11. The van der Waals surface area contributed by atoms with E-state index in [0.29, 0.717) is 17.1 Å². The van der Waals surface area contributed by atoms with Gasteiger partial charge in [0.1, 0.15) is 11.3 Å². The molecule has 2 heterocycles. The number of fused-ring (bicyclic) bond motifs is 1. The Morgan fingerprint density at radius 3 is 2.38 bits per heavy atom. The second-order valence-electron chi connectivity index (χ2n) is 7.16. The van der Waals surface area contributed by atoms with Gasteiger partial charge in [0.2, 0.25) is 10.0 Å². The van der Waals surface area contributed by atoms with Crippen LogP contribution in [0.15, 0.2) is 105 Å². The fraction of sp³-hybridized carbons (Fsp3) is 0. The molecule has 0 saturated carbocycles. The maximum absolute atomic E-state index is 11.5. The SMILES string of the molecule is NS(=O)(=O)c1ccc(N=Cc2cn(-c3ccccc3)nc2-c2cc3ccccc3o2)cc1. The molecule has 0 bridgehead atoms. The first-order valence-corrected chi connectivity index (χ1v) is 11.3. The number of aliphatic imine (C=N–C) groups is 1. The van der Waals surface area contributed by atoms with E-state index in [-0.39, 0.29) is 4.90 Å². The lowest BCUT2D eigenvalue weighted by molar-refractivity contribution is 0.598. The summed E-state index contributed by atoms with van der Waals surface area (Å²) in [6.45, 7) is 0. The van der Waals surface area contributed by atoms with Gasteiger partial charge >= 0.3 is 0 Å². The van der Waals surface area contributed by atoms with Gasteiger partial charge in [-0.25, -0.2) is 18.2 Å². The molecule has 0 atom stereocenters. The molecule has 0 amide bonds. The number of primary sulfonamides is 1. The summed E-state index contributed by atoms with van der Waals surface area (Å²) >= 11 is 0. The van der Waals surface area contributed by atoms with Crippen LogP contribution in [-0.4, -0.2) is 24.4 Å². The monoisotopic (exact) mass is 442 g/mol. The topological polar surface area (TPSA) is 103 Å². The van der Waals surface area contributed by atoms with E-state index in [1.54, 1.807) is 23.0 Å². The maximum atomic E-state index is 11.5. The van der Waals surface area contributed by atoms with Gasteiger partial charge in [-0.15, -0.1) is 0 Å². The molecule has 0 unspecified atom stereocenters. The number of para-hydroxylation sites is 2. The van der Waals surface area contributed by atoms with Gasteiger partial charge in [-0.1, -0.05) is 36.4 Å². The van der Waals surface area contributed by atoms with Crippen LogP contribution in [0.5, 0.6) is 0 Å². The first-order valence-electron chi connectivity index (χ1n) is 9.78. The van der Waals surface area contributed by atoms with Crippen LogP contribution in [-0.2, 0) is 10.0 Å². The Morgan fingerprint density at radius 2 is 1.66 bits per heavy atom. The van der Waals surface area contributed by atoms with Gasteiger partial charge in [-0.2, -0.15) is 5.10 Å². The Hall–Kier alpha value is -4.01. The van der Waals surface area contributed by atoms with Crippen molar-refractivity contribution in [2.24, 2.45) is 10.1 Å². The Kier molecular flexibility index (Phi) is 4.93. The van der Waals surface area contributed by atoms with E-state index < -0.39 is 10.0 Å². The van der Waals surface area contributed by atoms with Gasteiger partial charge in [0.25, 0.3) is 0 Å². The van der Waals surface area contributed by atoms with Crippen LogP contribution in [0, 0.1) is 0 Å². The zero-order valence-electron chi connectivity index (χ0n) is 16.8. The number of furan rings is 1. The highest BCUT2D eigenvalue weighted by Crippen LogP contribution is 2.29. The van der Waals surface area contributed by atoms with E-state index in [9.17, 15) is 8.42 Å². The molecule has 2 N–H and O–H groups in total. The first-order chi connectivity index (χ1) is 15.5. The first kappa shape index (κ1) is 19.9. The number of hydrogen-bond donors (Lipinski definition) is 1. The summed E-state index contributed by atoms with van der Waals surface area (Å²) in [6.07, 6.45) is 3.56. The molecule has 0 spiro atoms. The molecule has 5 aromatic rings.